The van der Waals surface area contributed by atoms with Gasteiger partial charge in [-0.05, 0) is 24.6 Å². The number of amides is 1. The number of nitrogens with one attached hydrogen (secondary N) is 1. The number of halogens is 1. The van der Waals surface area contributed by atoms with Crippen LogP contribution in [0.5, 0.6) is 0 Å². The highest BCUT2D eigenvalue weighted by molar-refractivity contribution is 5.94. The summed E-state index contributed by atoms with van der Waals surface area (Å²) >= 11 is 0. The second kappa shape index (κ2) is 7.22. The zero-order valence-corrected chi connectivity index (χ0v) is 10.8. The van der Waals surface area contributed by atoms with Crippen LogP contribution in [0.25, 0.3) is 0 Å². The minimum absolute atomic E-state index is 0.0474. The molecule has 0 aliphatic heterocycles. The fraction of sp³-hybridized carbons (Fsp3) is 0.308. The summed E-state index contributed by atoms with van der Waals surface area (Å²) in [7, 11) is 1.19. The minimum Gasteiger partial charge on any atom is -0.481 e. The molecule has 6 nitrogen and oxygen atoms in total. The van der Waals surface area contributed by atoms with E-state index >= 15 is 0 Å². The standard InChI is InChI=1S/C13H14FNO5/c1-20-13(19)8-5-6-9(14)10(7-8)15-11(16)3-2-4-12(17)18/h5-7H,2-4H2,1H3,(H,15,16)(H,17,18). The Morgan fingerprint density at radius 3 is 2.60 bits per heavy atom. The summed E-state index contributed by atoms with van der Waals surface area (Å²) in [6.07, 6.45) is -0.0359. The van der Waals surface area contributed by atoms with Crippen LogP contribution in [-0.2, 0) is 14.3 Å². The molecule has 0 fully saturated rings. The van der Waals surface area contributed by atoms with E-state index in [2.05, 4.69) is 10.1 Å². The lowest BCUT2D eigenvalue weighted by molar-refractivity contribution is -0.137. The van der Waals surface area contributed by atoms with Gasteiger partial charge < -0.3 is 15.2 Å². The maximum atomic E-state index is 13.5. The number of carbonyl (C=O) groups is 3. The molecule has 1 aromatic rings. The Morgan fingerprint density at radius 1 is 1.30 bits per heavy atom. The second-order valence-electron chi connectivity index (χ2n) is 3.98. The lowest BCUT2D eigenvalue weighted by Gasteiger charge is -2.07. The third kappa shape index (κ3) is 4.68. The molecule has 0 spiro atoms. The average molecular weight is 283 g/mol. The lowest BCUT2D eigenvalue weighted by atomic mass is 10.2. The number of carbonyl (C=O) groups excluding carboxylic acids is 2. The molecule has 0 heterocycles. The van der Waals surface area contributed by atoms with Crippen LogP contribution in [0.1, 0.15) is 29.6 Å². The van der Waals surface area contributed by atoms with Crippen molar-refractivity contribution in [2.24, 2.45) is 0 Å². The van der Waals surface area contributed by atoms with Gasteiger partial charge >= 0.3 is 11.9 Å². The Labute approximate surface area is 114 Å². The number of methoxy groups -OCH3 is 1. The average Bonchev–Trinajstić information content (AvgIpc) is 2.40. The van der Waals surface area contributed by atoms with Crippen LogP contribution in [0.4, 0.5) is 10.1 Å². The summed E-state index contributed by atoms with van der Waals surface area (Å²) in [6.45, 7) is 0. The first-order chi connectivity index (χ1) is 9.43. The van der Waals surface area contributed by atoms with Crippen LogP contribution in [0, 0.1) is 5.82 Å². The molecule has 0 radical (unpaired) electrons. The highest BCUT2D eigenvalue weighted by atomic mass is 19.1. The molecule has 1 rings (SSSR count). The van der Waals surface area contributed by atoms with Gasteiger partial charge in [-0.1, -0.05) is 0 Å². The number of esters is 1. The number of carboxylic acids is 1. The normalized spacial score (nSPS) is 9.90. The van der Waals surface area contributed by atoms with Crippen molar-refractivity contribution in [3.63, 3.8) is 0 Å². The third-order valence-electron chi connectivity index (χ3n) is 2.46. The third-order valence-corrected chi connectivity index (χ3v) is 2.46. The van der Waals surface area contributed by atoms with E-state index in [-0.39, 0.29) is 30.5 Å². The molecule has 2 N–H and O–H groups in total. The number of aliphatic carboxylic acids is 1. The largest absolute Gasteiger partial charge is 0.481 e. The molecule has 0 saturated carbocycles. The van der Waals surface area contributed by atoms with Gasteiger partial charge in [0.15, 0.2) is 0 Å². The lowest BCUT2D eigenvalue weighted by Crippen LogP contribution is -2.14. The van der Waals surface area contributed by atoms with Crippen LogP contribution in [0.3, 0.4) is 0 Å². The van der Waals surface area contributed by atoms with E-state index in [1.165, 1.54) is 13.2 Å². The smallest absolute Gasteiger partial charge is 0.337 e. The van der Waals surface area contributed by atoms with Crippen molar-refractivity contribution < 1.29 is 28.6 Å². The quantitative estimate of drug-likeness (QED) is 0.777. The van der Waals surface area contributed by atoms with Crippen LogP contribution in [0.15, 0.2) is 18.2 Å². The monoisotopic (exact) mass is 283 g/mol. The van der Waals surface area contributed by atoms with Crippen LogP contribution in [0.2, 0.25) is 0 Å². The molecular weight excluding hydrogens is 269 g/mol. The van der Waals surface area contributed by atoms with Crippen molar-refractivity contribution in [3.8, 4) is 0 Å². The molecule has 0 aromatic heterocycles. The molecule has 7 heteroatoms. The molecule has 0 atom stereocenters. The number of anilines is 1. The molecule has 108 valence electrons. The molecular formula is C13H14FNO5. The maximum Gasteiger partial charge on any atom is 0.337 e. The summed E-state index contributed by atoms with van der Waals surface area (Å²) in [5.74, 6) is -2.86. The first kappa shape index (κ1) is 15.6. The van der Waals surface area contributed by atoms with Crippen molar-refractivity contribution in [2.75, 3.05) is 12.4 Å². The van der Waals surface area contributed by atoms with E-state index in [1.807, 2.05) is 0 Å². The first-order valence-corrected chi connectivity index (χ1v) is 5.83. The van der Waals surface area contributed by atoms with Crippen molar-refractivity contribution in [3.05, 3.63) is 29.6 Å². The van der Waals surface area contributed by atoms with Gasteiger partial charge in [0.05, 0.1) is 18.4 Å². The van der Waals surface area contributed by atoms with E-state index in [9.17, 15) is 18.8 Å². The minimum atomic E-state index is -1.00. The predicted octanol–water partition coefficient (Wildman–Crippen LogP) is 1.81. The Bertz CT molecular complexity index is 529. The van der Waals surface area contributed by atoms with E-state index in [0.717, 1.165) is 12.1 Å². The predicted molar refractivity (Wildman–Crippen MR) is 67.9 cm³/mol. The SMILES string of the molecule is COC(=O)c1ccc(F)c(NC(=O)CCCC(=O)O)c1. The number of ether oxygens (including phenoxy) is 1. The van der Waals surface area contributed by atoms with Crippen molar-refractivity contribution in [1.82, 2.24) is 0 Å². The Kier molecular flexibility index (Phi) is 5.64. The van der Waals surface area contributed by atoms with Gasteiger partial charge in [-0.3, -0.25) is 9.59 Å². The zero-order chi connectivity index (χ0) is 15.1. The van der Waals surface area contributed by atoms with Gasteiger partial charge in [-0.15, -0.1) is 0 Å². The second-order valence-corrected chi connectivity index (χ2v) is 3.98. The number of rotatable bonds is 6. The van der Waals surface area contributed by atoms with E-state index < -0.39 is 23.7 Å². The van der Waals surface area contributed by atoms with Gasteiger partial charge in [-0.2, -0.15) is 0 Å². The topological polar surface area (TPSA) is 92.7 Å². The molecule has 0 aliphatic carbocycles. The molecule has 0 saturated heterocycles. The van der Waals surface area contributed by atoms with Crippen LogP contribution >= 0.6 is 0 Å². The van der Waals surface area contributed by atoms with Crippen molar-refractivity contribution >= 4 is 23.5 Å². The van der Waals surface area contributed by atoms with Gasteiger partial charge in [0.1, 0.15) is 5.82 Å². The zero-order valence-electron chi connectivity index (χ0n) is 10.8. The first-order valence-electron chi connectivity index (χ1n) is 5.83. The summed E-state index contributed by atoms with van der Waals surface area (Å²) in [4.78, 5) is 33.1. The van der Waals surface area contributed by atoms with E-state index in [1.54, 1.807) is 0 Å². The highest BCUT2D eigenvalue weighted by Crippen LogP contribution is 2.17. The Balaban J connectivity index is 2.68. The molecule has 20 heavy (non-hydrogen) atoms. The molecule has 0 bridgehead atoms. The number of hydrogen-bond donors (Lipinski definition) is 2. The van der Waals surface area contributed by atoms with E-state index in [0.29, 0.717) is 0 Å². The summed E-state index contributed by atoms with van der Waals surface area (Å²) in [6, 6.07) is 3.44. The van der Waals surface area contributed by atoms with Gasteiger partial charge in [0, 0.05) is 12.8 Å². The van der Waals surface area contributed by atoms with Gasteiger partial charge in [0.2, 0.25) is 5.91 Å². The van der Waals surface area contributed by atoms with Crippen LogP contribution in [-0.4, -0.2) is 30.1 Å². The number of benzene rings is 1. The summed E-state index contributed by atoms with van der Waals surface area (Å²) in [5, 5.41) is 10.7. The molecule has 0 aliphatic rings. The summed E-state index contributed by atoms with van der Waals surface area (Å²) < 4.78 is 18.0. The van der Waals surface area contributed by atoms with Crippen molar-refractivity contribution in [1.29, 1.82) is 0 Å². The fourth-order valence-electron chi connectivity index (χ4n) is 1.48. The highest BCUT2D eigenvalue weighted by Gasteiger charge is 2.12. The number of carboxylic acid groups (broad SMARTS) is 1. The van der Waals surface area contributed by atoms with Gasteiger partial charge in [0.25, 0.3) is 0 Å². The molecule has 0 unspecified atom stereocenters. The van der Waals surface area contributed by atoms with Crippen LogP contribution < -0.4 is 5.32 Å². The Hall–Kier alpha value is -2.44. The Morgan fingerprint density at radius 2 is 2.00 bits per heavy atom. The maximum absolute atomic E-state index is 13.5. The van der Waals surface area contributed by atoms with E-state index in [4.69, 9.17) is 5.11 Å². The van der Waals surface area contributed by atoms with Gasteiger partial charge in [-0.25, -0.2) is 9.18 Å². The number of hydrogen-bond acceptors (Lipinski definition) is 4. The molecule has 1 aromatic carbocycles. The molecule has 1 amide bonds. The fourth-order valence-corrected chi connectivity index (χ4v) is 1.48. The van der Waals surface area contributed by atoms with Crippen molar-refractivity contribution in [2.45, 2.75) is 19.3 Å². The summed E-state index contributed by atoms with van der Waals surface area (Å²) in [5.41, 5.74) is -0.0389.